The first kappa shape index (κ1) is 10.1. The minimum Gasteiger partial charge on any atom is -0.497 e. The Morgan fingerprint density at radius 2 is 2.20 bits per heavy atom. The first-order chi connectivity index (χ1) is 7.26. The molecule has 2 aromatic rings. The fourth-order valence-corrected chi connectivity index (χ4v) is 1.77. The van der Waals surface area contributed by atoms with Gasteiger partial charge in [0.2, 0.25) is 0 Å². The highest BCUT2D eigenvalue weighted by Gasteiger charge is 2.09. The molecular weight excluding hydrogens is 188 g/mol. The van der Waals surface area contributed by atoms with E-state index in [1.54, 1.807) is 7.11 Å². The third-order valence-electron chi connectivity index (χ3n) is 2.82. The molecule has 0 aliphatic rings. The fraction of sp³-hybridized carbons (Fsp3) is 0.333. The molecule has 80 valence electrons. The minimum absolute atomic E-state index is 0.354. The Bertz CT molecular complexity index is 462. The lowest BCUT2D eigenvalue weighted by atomic mass is 10.1. The molecule has 0 radical (unpaired) electrons. The van der Waals surface area contributed by atoms with Crippen LogP contribution in [0.3, 0.4) is 0 Å². The normalized spacial score (nSPS) is 13.0. The van der Waals surface area contributed by atoms with Crippen molar-refractivity contribution in [2.24, 2.45) is 0 Å². The quantitative estimate of drug-likeness (QED) is 0.805. The Morgan fingerprint density at radius 1 is 1.40 bits per heavy atom. The summed E-state index contributed by atoms with van der Waals surface area (Å²) in [5.74, 6) is 0.882. The molecule has 0 aliphatic carbocycles. The molecule has 0 spiro atoms. The molecule has 2 rings (SSSR count). The van der Waals surface area contributed by atoms with E-state index in [4.69, 9.17) is 4.74 Å². The molecule has 0 fully saturated rings. The molecule has 0 bridgehead atoms. The molecule has 0 saturated heterocycles. The van der Waals surface area contributed by atoms with Gasteiger partial charge in [0.25, 0.3) is 0 Å². The van der Waals surface area contributed by atoms with Gasteiger partial charge in [-0.2, -0.15) is 0 Å². The summed E-state index contributed by atoms with van der Waals surface area (Å²) in [7, 11) is 3.65. The van der Waals surface area contributed by atoms with E-state index in [1.165, 1.54) is 10.9 Å². The standard InChI is InChI=1S/C12H16N2O/c1-8(13-2)11-7-14-12-6-9(15-3)4-5-10(11)12/h4-8,13-14H,1-3H3. The van der Waals surface area contributed by atoms with Crippen molar-refractivity contribution in [3.63, 3.8) is 0 Å². The number of nitrogens with one attached hydrogen (secondary N) is 2. The van der Waals surface area contributed by atoms with Crippen LogP contribution in [0.25, 0.3) is 10.9 Å². The summed E-state index contributed by atoms with van der Waals surface area (Å²) in [6.07, 6.45) is 2.05. The third kappa shape index (κ3) is 1.70. The third-order valence-corrected chi connectivity index (χ3v) is 2.82. The van der Waals surface area contributed by atoms with E-state index in [0.717, 1.165) is 11.3 Å². The Balaban J connectivity index is 2.52. The van der Waals surface area contributed by atoms with E-state index < -0.39 is 0 Å². The van der Waals surface area contributed by atoms with Crippen LogP contribution in [-0.4, -0.2) is 19.1 Å². The predicted molar refractivity (Wildman–Crippen MR) is 62.3 cm³/mol. The van der Waals surface area contributed by atoms with Crippen molar-refractivity contribution in [2.75, 3.05) is 14.2 Å². The van der Waals surface area contributed by atoms with E-state index in [0.29, 0.717) is 6.04 Å². The van der Waals surface area contributed by atoms with Crippen molar-refractivity contribution >= 4 is 10.9 Å². The summed E-state index contributed by atoms with van der Waals surface area (Å²) in [5.41, 5.74) is 2.40. The second kappa shape index (κ2) is 3.95. The van der Waals surface area contributed by atoms with Crippen molar-refractivity contribution in [2.45, 2.75) is 13.0 Å². The van der Waals surface area contributed by atoms with Gasteiger partial charge in [-0.05, 0) is 31.7 Å². The van der Waals surface area contributed by atoms with Crippen molar-refractivity contribution < 1.29 is 4.74 Å². The molecule has 3 nitrogen and oxygen atoms in total. The number of fused-ring (bicyclic) bond motifs is 1. The molecule has 0 amide bonds. The maximum absolute atomic E-state index is 5.18. The van der Waals surface area contributed by atoms with E-state index >= 15 is 0 Å². The molecule has 0 aliphatic heterocycles. The van der Waals surface area contributed by atoms with Gasteiger partial charge in [0.1, 0.15) is 5.75 Å². The number of aromatic nitrogens is 1. The van der Waals surface area contributed by atoms with Crippen LogP contribution in [0.15, 0.2) is 24.4 Å². The van der Waals surface area contributed by atoms with Crippen LogP contribution in [0.2, 0.25) is 0 Å². The van der Waals surface area contributed by atoms with Crippen LogP contribution in [-0.2, 0) is 0 Å². The zero-order valence-electron chi connectivity index (χ0n) is 9.29. The predicted octanol–water partition coefficient (Wildman–Crippen LogP) is 2.46. The molecule has 1 atom stereocenters. The van der Waals surface area contributed by atoms with Crippen LogP contribution in [0.5, 0.6) is 5.75 Å². The van der Waals surface area contributed by atoms with Crippen LogP contribution in [0, 0.1) is 0 Å². The average Bonchev–Trinajstić information content (AvgIpc) is 2.70. The molecule has 3 heteroatoms. The maximum Gasteiger partial charge on any atom is 0.120 e. The van der Waals surface area contributed by atoms with Gasteiger partial charge in [0.15, 0.2) is 0 Å². The first-order valence-corrected chi connectivity index (χ1v) is 5.08. The van der Waals surface area contributed by atoms with Crippen molar-refractivity contribution in [1.82, 2.24) is 10.3 Å². The first-order valence-electron chi connectivity index (χ1n) is 5.08. The zero-order valence-corrected chi connectivity index (χ0v) is 9.29. The summed E-state index contributed by atoms with van der Waals surface area (Å²) in [6, 6.07) is 6.45. The number of hydrogen-bond donors (Lipinski definition) is 2. The molecule has 1 aromatic carbocycles. The van der Waals surface area contributed by atoms with E-state index in [9.17, 15) is 0 Å². The number of H-pyrrole nitrogens is 1. The van der Waals surface area contributed by atoms with Crippen LogP contribution < -0.4 is 10.1 Å². The second-order valence-corrected chi connectivity index (χ2v) is 3.67. The zero-order chi connectivity index (χ0) is 10.8. The molecule has 1 heterocycles. The van der Waals surface area contributed by atoms with Gasteiger partial charge in [-0.1, -0.05) is 0 Å². The van der Waals surface area contributed by atoms with E-state index in [2.05, 4.69) is 23.3 Å². The molecule has 15 heavy (non-hydrogen) atoms. The smallest absolute Gasteiger partial charge is 0.120 e. The topological polar surface area (TPSA) is 37.0 Å². The second-order valence-electron chi connectivity index (χ2n) is 3.67. The van der Waals surface area contributed by atoms with Crippen molar-refractivity contribution in [1.29, 1.82) is 0 Å². The SMILES string of the molecule is CNC(C)c1c[nH]c2cc(OC)ccc12. The van der Waals surface area contributed by atoms with Gasteiger partial charge in [-0.25, -0.2) is 0 Å². The minimum atomic E-state index is 0.354. The number of aromatic amines is 1. The summed E-state index contributed by atoms with van der Waals surface area (Å²) < 4.78 is 5.18. The Hall–Kier alpha value is -1.48. The van der Waals surface area contributed by atoms with Crippen molar-refractivity contribution in [3.8, 4) is 5.75 Å². The Morgan fingerprint density at radius 3 is 2.87 bits per heavy atom. The van der Waals surface area contributed by atoms with Gasteiger partial charge in [0, 0.05) is 29.2 Å². The summed E-state index contributed by atoms with van der Waals surface area (Å²) in [4.78, 5) is 3.26. The van der Waals surface area contributed by atoms with Crippen LogP contribution >= 0.6 is 0 Å². The van der Waals surface area contributed by atoms with Gasteiger partial charge in [-0.3, -0.25) is 0 Å². The molecule has 1 aromatic heterocycles. The number of rotatable bonds is 3. The fourth-order valence-electron chi connectivity index (χ4n) is 1.77. The number of hydrogen-bond acceptors (Lipinski definition) is 2. The highest BCUT2D eigenvalue weighted by atomic mass is 16.5. The summed E-state index contributed by atoms with van der Waals surface area (Å²) in [5, 5.41) is 4.48. The lowest BCUT2D eigenvalue weighted by Gasteiger charge is -2.08. The largest absolute Gasteiger partial charge is 0.497 e. The average molecular weight is 204 g/mol. The van der Waals surface area contributed by atoms with E-state index in [1.807, 2.05) is 25.4 Å². The van der Waals surface area contributed by atoms with E-state index in [-0.39, 0.29) is 0 Å². The highest BCUT2D eigenvalue weighted by molar-refractivity contribution is 5.84. The molecule has 1 unspecified atom stereocenters. The maximum atomic E-state index is 5.18. The Labute approximate surface area is 89.4 Å². The van der Waals surface area contributed by atoms with Crippen LogP contribution in [0.1, 0.15) is 18.5 Å². The summed E-state index contributed by atoms with van der Waals surface area (Å²) in [6.45, 7) is 2.15. The van der Waals surface area contributed by atoms with Gasteiger partial charge in [-0.15, -0.1) is 0 Å². The highest BCUT2D eigenvalue weighted by Crippen LogP contribution is 2.26. The lowest BCUT2D eigenvalue weighted by molar-refractivity contribution is 0.415. The van der Waals surface area contributed by atoms with Crippen molar-refractivity contribution in [3.05, 3.63) is 30.0 Å². The Kier molecular flexibility index (Phi) is 2.64. The number of benzene rings is 1. The molecular formula is C12H16N2O. The molecule has 2 N–H and O–H groups in total. The molecule has 0 saturated carbocycles. The van der Waals surface area contributed by atoms with Gasteiger partial charge in [0.05, 0.1) is 7.11 Å². The number of methoxy groups -OCH3 is 1. The monoisotopic (exact) mass is 204 g/mol. The number of ether oxygens (including phenoxy) is 1. The van der Waals surface area contributed by atoms with Gasteiger partial charge < -0.3 is 15.0 Å². The lowest BCUT2D eigenvalue weighted by Crippen LogP contribution is -2.11. The van der Waals surface area contributed by atoms with Crippen LogP contribution in [0.4, 0.5) is 0 Å². The summed E-state index contributed by atoms with van der Waals surface area (Å²) >= 11 is 0. The van der Waals surface area contributed by atoms with Gasteiger partial charge >= 0.3 is 0 Å².